The van der Waals surface area contributed by atoms with Crippen LogP contribution in [0.4, 0.5) is 18.9 Å². The Morgan fingerprint density at radius 3 is 2.57 bits per heavy atom. The Labute approximate surface area is 159 Å². The van der Waals surface area contributed by atoms with E-state index in [0.717, 1.165) is 6.07 Å². The minimum absolute atomic E-state index is 0.00286. The van der Waals surface area contributed by atoms with Gasteiger partial charge in [0.2, 0.25) is 10.0 Å². The lowest BCUT2D eigenvalue weighted by Gasteiger charge is -2.33. The highest BCUT2D eigenvalue weighted by Gasteiger charge is 2.46. The quantitative estimate of drug-likeness (QED) is 0.579. The molecule has 11 heteroatoms. The maximum absolute atomic E-state index is 13.9. The molecule has 0 saturated carbocycles. The maximum atomic E-state index is 13.9. The second kappa shape index (κ2) is 7.72. The van der Waals surface area contributed by atoms with Gasteiger partial charge in [0, 0.05) is 6.42 Å². The zero-order valence-corrected chi connectivity index (χ0v) is 15.7. The summed E-state index contributed by atoms with van der Waals surface area (Å²) in [6.07, 6.45) is 1.29. The van der Waals surface area contributed by atoms with Gasteiger partial charge < -0.3 is 14.2 Å². The minimum Gasteiger partial charge on any atom is -0.463 e. The molecular formula is C17H18F3NO6S. The van der Waals surface area contributed by atoms with E-state index in [1.807, 2.05) is 4.72 Å². The summed E-state index contributed by atoms with van der Waals surface area (Å²) in [6.45, 7) is 2.12. The number of ether oxygens (including phenoxy) is 3. The molecule has 2 aliphatic rings. The Hall–Kier alpha value is -2.11. The van der Waals surface area contributed by atoms with Crippen LogP contribution in [0.5, 0.6) is 0 Å². The van der Waals surface area contributed by atoms with Crippen molar-refractivity contribution in [3.05, 3.63) is 41.2 Å². The van der Waals surface area contributed by atoms with Crippen LogP contribution in [0.3, 0.4) is 0 Å². The number of sulfonamides is 1. The van der Waals surface area contributed by atoms with Crippen LogP contribution in [-0.2, 0) is 29.0 Å². The third kappa shape index (κ3) is 3.87. The van der Waals surface area contributed by atoms with Crippen molar-refractivity contribution >= 4 is 21.7 Å². The summed E-state index contributed by atoms with van der Waals surface area (Å²) in [5.41, 5.74) is -0.999. The van der Waals surface area contributed by atoms with Crippen molar-refractivity contribution in [3.63, 3.8) is 0 Å². The fraction of sp³-hybridized carbons (Fsp3) is 0.471. The van der Waals surface area contributed by atoms with Crippen LogP contribution in [0, 0.1) is 17.5 Å². The molecule has 1 aliphatic carbocycles. The van der Waals surface area contributed by atoms with Gasteiger partial charge >= 0.3 is 5.97 Å². The molecule has 3 rings (SSSR count). The zero-order chi connectivity index (χ0) is 20.5. The van der Waals surface area contributed by atoms with E-state index in [-0.39, 0.29) is 38.2 Å². The summed E-state index contributed by atoms with van der Waals surface area (Å²) < 4.78 is 83.8. The molecule has 1 aromatic carbocycles. The van der Waals surface area contributed by atoms with Crippen LogP contribution in [0.1, 0.15) is 19.8 Å². The molecule has 154 valence electrons. The monoisotopic (exact) mass is 421 g/mol. The molecule has 0 aromatic heterocycles. The number of esters is 1. The number of hydrogen-bond donors (Lipinski definition) is 1. The van der Waals surface area contributed by atoms with Gasteiger partial charge in [0.1, 0.15) is 5.25 Å². The number of halogens is 3. The van der Waals surface area contributed by atoms with Crippen molar-refractivity contribution in [3.8, 4) is 0 Å². The standard InChI is InChI=1S/C17H18F3NO6S/c1-2-25-16(22)10-9-17(26-7-8-27-17)6-5-13(10)28(23,24)21-12-4-3-11(18)14(19)15(12)20/h3-4,9,13,21H,2,5-8H2,1H3. The first-order valence-corrected chi connectivity index (χ1v) is 10.1. The van der Waals surface area contributed by atoms with E-state index >= 15 is 0 Å². The maximum Gasteiger partial charge on any atom is 0.335 e. The third-order valence-corrected chi connectivity index (χ3v) is 6.17. The molecule has 1 aromatic rings. The molecule has 0 radical (unpaired) electrons. The lowest BCUT2D eigenvalue weighted by atomic mass is 9.94. The van der Waals surface area contributed by atoms with Crippen molar-refractivity contribution in [2.75, 3.05) is 24.5 Å². The molecule has 0 amide bonds. The molecule has 1 unspecified atom stereocenters. The highest BCUT2D eigenvalue weighted by Crippen LogP contribution is 2.37. The summed E-state index contributed by atoms with van der Waals surface area (Å²) in [5.74, 6) is -7.05. The van der Waals surface area contributed by atoms with Crippen molar-refractivity contribution in [2.24, 2.45) is 0 Å². The Morgan fingerprint density at radius 2 is 1.93 bits per heavy atom. The molecule has 1 saturated heterocycles. The summed E-state index contributed by atoms with van der Waals surface area (Å²) in [6, 6.07) is 1.35. The van der Waals surface area contributed by atoms with Gasteiger partial charge in [0.05, 0.1) is 31.1 Å². The normalized spacial score (nSPS) is 21.4. The topological polar surface area (TPSA) is 90.9 Å². The summed E-state index contributed by atoms with van der Waals surface area (Å²) >= 11 is 0. The van der Waals surface area contributed by atoms with Crippen LogP contribution >= 0.6 is 0 Å². The average Bonchev–Trinajstić information content (AvgIpc) is 3.10. The van der Waals surface area contributed by atoms with Gasteiger partial charge in [-0.25, -0.2) is 26.4 Å². The first kappa shape index (κ1) is 20.6. The Kier molecular flexibility index (Phi) is 5.69. The molecule has 1 atom stereocenters. The number of nitrogens with one attached hydrogen (secondary N) is 1. The Balaban J connectivity index is 1.95. The molecule has 7 nitrogen and oxygen atoms in total. The number of carbonyl (C=O) groups is 1. The first-order chi connectivity index (χ1) is 13.2. The minimum atomic E-state index is -4.41. The summed E-state index contributed by atoms with van der Waals surface area (Å²) in [5, 5.41) is -1.42. The van der Waals surface area contributed by atoms with Crippen LogP contribution in [-0.4, -0.2) is 45.2 Å². The van der Waals surface area contributed by atoms with E-state index in [0.29, 0.717) is 6.07 Å². The fourth-order valence-electron chi connectivity index (χ4n) is 3.14. The Bertz CT molecular complexity index is 912. The van der Waals surface area contributed by atoms with Crippen LogP contribution < -0.4 is 4.72 Å². The zero-order valence-electron chi connectivity index (χ0n) is 14.8. The van der Waals surface area contributed by atoms with Crippen LogP contribution in [0.25, 0.3) is 0 Å². The average molecular weight is 421 g/mol. The largest absolute Gasteiger partial charge is 0.463 e. The first-order valence-electron chi connectivity index (χ1n) is 8.52. The van der Waals surface area contributed by atoms with Crippen LogP contribution in [0.15, 0.2) is 23.8 Å². The lowest BCUT2D eigenvalue weighted by Crippen LogP contribution is -2.42. The van der Waals surface area contributed by atoms with E-state index in [4.69, 9.17) is 14.2 Å². The number of rotatable bonds is 5. The second-order valence-corrected chi connectivity index (χ2v) is 8.09. The fourth-order valence-corrected chi connectivity index (χ4v) is 4.68. The molecule has 1 N–H and O–H groups in total. The second-order valence-electron chi connectivity index (χ2n) is 6.23. The molecule has 28 heavy (non-hydrogen) atoms. The van der Waals surface area contributed by atoms with Gasteiger partial charge in [-0.2, -0.15) is 0 Å². The predicted octanol–water partition coefficient (Wildman–Crippen LogP) is 2.24. The smallest absolute Gasteiger partial charge is 0.335 e. The molecular weight excluding hydrogens is 403 g/mol. The van der Waals surface area contributed by atoms with Gasteiger partial charge in [0.15, 0.2) is 23.2 Å². The number of benzene rings is 1. The number of hydrogen-bond acceptors (Lipinski definition) is 6. The van der Waals surface area contributed by atoms with Gasteiger partial charge in [-0.05, 0) is 31.6 Å². The summed E-state index contributed by atoms with van der Waals surface area (Å²) in [7, 11) is -4.41. The highest BCUT2D eigenvalue weighted by atomic mass is 32.2. The third-order valence-electron chi connectivity index (χ3n) is 4.43. The highest BCUT2D eigenvalue weighted by molar-refractivity contribution is 7.93. The van der Waals surface area contributed by atoms with Gasteiger partial charge in [0.25, 0.3) is 0 Å². The van der Waals surface area contributed by atoms with Crippen molar-refractivity contribution < 1.29 is 40.6 Å². The van der Waals surface area contributed by atoms with Crippen molar-refractivity contribution in [1.82, 2.24) is 0 Å². The molecule has 0 bridgehead atoms. The van der Waals surface area contributed by atoms with Crippen molar-refractivity contribution in [2.45, 2.75) is 30.8 Å². The predicted molar refractivity (Wildman–Crippen MR) is 91.2 cm³/mol. The van der Waals surface area contributed by atoms with Crippen molar-refractivity contribution in [1.29, 1.82) is 0 Å². The van der Waals surface area contributed by atoms with E-state index < -0.39 is 50.2 Å². The lowest BCUT2D eigenvalue weighted by molar-refractivity contribution is -0.143. The summed E-state index contributed by atoms with van der Waals surface area (Å²) in [4.78, 5) is 12.3. The number of anilines is 1. The van der Waals surface area contributed by atoms with E-state index in [9.17, 15) is 26.4 Å². The molecule has 1 heterocycles. The molecule has 1 spiro atoms. The SMILES string of the molecule is CCOC(=O)C1=CC2(CCC1S(=O)(=O)Nc1ccc(F)c(F)c1F)OCCO2. The van der Waals surface area contributed by atoms with Gasteiger partial charge in [-0.3, -0.25) is 4.72 Å². The van der Waals surface area contributed by atoms with Gasteiger partial charge in [-0.1, -0.05) is 0 Å². The number of carbonyl (C=O) groups excluding carboxylic acids is 1. The van der Waals surface area contributed by atoms with E-state index in [2.05, 4.69) is 0 Å². The van der Waals surface area contributed by atoms with E-state index in [1.54, 1.807) is 6.92 Å². The van der Waals surface area contributed by atoms with Crippen LogP contribution in [0.2, 0.25) is 0 Å². The van der Waals surface area contributed by atoms with E-state index in [1.165, 1.54) is 6.08 Å². The molecule has 1 aliphatic heterocycles. The van der Waals surface area contributed by atoms with Gasteiger partial charge in [-0.15, -0.1) is 0 Å². The molecule has 1 fully saturated rings. The Morgan fingerprint density at radius 1 is 1.25 bits per heavy atom.